The molecule has 1 aliphatic rings. The summed E-state index contributed by atoms with van der Waals surface area (Å²) in [5.41, 5.74) is 5.67. The van der Waals surface area contributed by atoms with Gasteiger partial charge in [0.05, 0.1) is 11.5 Å². The Balaban J connectivity index is 2.94. The lowest BCUT2D eigenvalue weighted by Crippen LogP contribution is -1.98. The minimum atomic E-state index is 0.101. The van der Waals surface area contributed by atoms with Gasteiger partial charge in [-0.2, -0.15) is 0 Å². The summed E-state index contributed by atoms with van der Waals surface area (Å²) in [6, 6.07) is 0. The normalized spacial score (nSPS) is 17.2. The van der Waals surface area contributed by atoms with E-state index in [1.807, 2.05) is 6.92 Å². The van der Waals surface area contributed by atoms with E-state index in [4.69, 9.17) is 5.11 Å². The first-order valence-electron chi connectivity index (χ1n) is 4.09. The maximum absolute atomic E-state index is 8.87. The van der Waals surface area contributed by atoms with E-state index in [9.17, 15) is 0 Å². The molecule has 12 heavy (non-hydrogen) atoms. The van der Waals surface area contributed by atoms with E-state index < -0.39 is 0 Å². The Morgan fingerprint density at radius 3 is 2.67 bits per heavy atom. The van der Waals surface area contributed by atoms with Crippen molar-refractivity contribution in [2.45, 2.75) is 20.8 Å². The Kier molecular flexibility index (Phi) is 3.21. The minimum Gasteiger partial charge on any atom is -0.390 e. The zero-order valence-electron chi connectivity index (χ0n) is 7.72. The average Bonchev–Trinajstić information content (AvgIpc) is 2.03. The topological polar surface area (TPSA) is 20.2 Å². The number of allylic oxidation sites excluding steroid dienone is 1. The van der Waals surface area contributed by atoms with Gasteiger partial charge in [-0.05, 0) is 29.4 Å². The summed E-state index contributed by atoms with van der Waals surface area (Å²) in [6.07, 6.45) is 0. The van der Waals surface area contributed by atoms with Gasteiger partial charge < -0.3 is 5.11 Å². The Morgan fingerprint density at radius 2 is 2.25 bits per heavy atom. The third kappa shape index (κ3) is 2.04. The average molecular weight is 182 g/mol. The van der Waals surface area contributed by atoms with E-state index in [2.05, 4.69) is 25.0 Å². The molecule has 1 nitrogen and oxygen atoms in total. The van der Waals surface area contributed by atoms with Crippen LogP contribution in [0.5, 0.6) is 0 Å². The third-order valence-electron chi connectivity index (χ3n) is 1.85. The number of hydrogen-bond acceptors (Lipinski definition) is 2. The molecule has 0 fully saturated rings. The molecule has 0 aliphatic carbocycles. The molecule has 0 bridgehead atoms. The van der Waals surface area contributed by atoms with Crippen molar-refractivity contribution in [3.63, 3.8) is 0 Å². The Morgan fingerprint density at radius 1 is 1.58 bits per heavy atom. The molecule has 66 valence electrons. The third-order valence-corrected chi connectivity index (χ3v) is 2.74. The number of thioether (sulfide) groups is 1. The molecule has 1 heterocycles. The fourth-order valence-electron chi connectivity index (χ4n) is 1.18. The van der Waals surface area contributed by atoms with E-state index in [0.717, 1.165) is 10.5 Å². The molecule has 0 aromatic carbocycles. The summed E-state index contributed by atoms with van der Waals surface area (Å²) in [5, 5.41) is 11.0. The first-order valence-corrected chi connectivity index (χ1v) is 4.97. The second kappa shape index (κ2) is 3.99. The largest absolute Gasteiger partial charge is 0.390 e. The molecule has 0 atom stereocenters. The molecule has 0 spiro atoms. The van der Waals surface area contributed by atoms with Gasteiger partial charge in [0.2, 0.25) is 0 Å². The summed E-state index contributed by atoms with van der Waals surface area (Å²) in [7, 11) is 0. The van der Waals surface area contributed by atoms with Gasteiger partial charge in [0.25, 0.3) is 0 Å². The van der Waals surface area contributed by atoms with Gasteiger partial charge in [-0.3, -0.25) is 0 Å². The highest BCUT2D eigenvalue weighted by atomic mass is 32.2. The first-order chi connectivity index (χ1) is 5.65. The lowest BCUT2D eigenvalue weighted by molar-refractivity contribution is 0.339. The van der Waals surface area contributed by atoms with Gasteiger partial charge in [0, 0.05) is 0 Å². The summed E-state index contributed by atoms with van der Waals surface area (Å²) in [6.45, 7) is 6.48. The van der Waals surface area contributed by atoms with Gasteiger partial charge in [-0.15, -0.1) is 5.73 Å². The van der Waals surface area contributed by atoms with Gasteiger partial charge >= 0.3 is 0 Å². The van der Waals surface area contributed by atoms with Crippen molar-refractivity contribution < 1.29 is 5.11 Å². The van der Waals surface area contributed by atoms with Crippen LogP contribution in [0.4, 0.5) is 0 Å². The van der Waals surface area contributed by atoms with Crippen molar-refractivity contribution in [3.05, 3.63) is 27.2 Å². The number of aliphatic hydroxyl groups is 1. The standard InChI is InChI=1S/C10H14OS/c1-7(2)10-6-12-9(5-11)4-8(10)3/h6-7,11H,5H2,1-3H3. The van der Waals surface area contributed by atoms with Crippen LogP contribution in [0.3, 0.4) is 0 Å². The monoisotopic (exact) mass is 182 g/mol. The predicted molar refractivity (Wildman–Crippen MR) is 53.8 cm³/mol. The van der Waals surface area contributed by atoms with E-state index in [-0.39, 0.29) is 6.61 Å². The molecule has 0 amide bonds. The zero-order chi connectivity index (χ0) is 9.14. The zero-order valence-corrected chi connectivity index (χ0v) is 8.53. The molecule has 0 aromatic rings. The summed E-state index contributed by atoms with van der Waals surface area (Å²) in [4.78, 5) is 0.914. The van der Waals surface area contributed by atoms with Crippen molar-refractivity contribution in [2.75, 3.05) is 6.61 Å². The van der Waals surface area contributed by atoms with Crippen molar-refractivity contribution >= 4 is 11.8 Å². The quantitative estimate of drug-likeness (QED) is 0.663. The second-order valence-electron chi connectivity index (χ2n) is 3.18. The van der Waals surface area contributed by atoms with E-state index in [1.54, 1.807) is 11.8 Å². The Hall–Kier alpha value is -0.430. The highest BCUT2D eigenvalue weighted by Crippen LogP contribution is 2.30. The van der Waals surface area contributed by atoms with Crippen LogP contribution in [0.25, 0.3) is 0 Å². The van der Waals surface area contributed by atoms with Crippen molar-refractivity contribution in [1.29, 1.82) is 0 Å². The molecule has 0 aromatic heterocycles. The Labute approximate surface area is 77.9 Å². The highest BCUT2D eigenvalue weighted by molar-refractivity contribution is 8.05. The lowest BCUT2D eigenvalue weighted by Gasteiger charge is -2.14. The highest BCUT2D eigenvalue weighted by Gasteiger charge is 2.09. The molecule has 0 unspecified atom stereocenters. The fraction of sp³-hybridized carbons (Fsp3) is 0.500. The molecule has 1 aliphatic heterocycles. The molecule has 1 N–H and O–H groups in total. The van der Waals surface area contributed by atoms with Crippen LogP contribution in [0.2, 0.25) is 0 Å². The number of rotatable bonds is 2. The van der Waals surface area contributed by atoms with Crippen molar-refractivity contribution in [3.8, 4) is 0 Å². The fourth-order valence-corrected chi connectivity index (χ4v) is 2.18. The molecular formula is C10H14OS. The molecule has 0 saturated carbocycles. The van der Waals surface area contributed by atoms with Crippen LogP contribution in [-0.2, 0) is 0 Å². The van der Waals surface area contributed by atoms with Gasteiger partial charge in [0.1, 0.15) is 0 Å². The number of hydrogen-bond donors (Lipinski definition) is 1. The predicted octanol–water partition coefficient (Wildman–Crippen LogP) is 2.69. The lowest BCUT2D eigenvalue weighted by atomic mass is 9.98. The number of aliphatic hydroxyl groups excluding tert-OH is 1. The summed E-state index contributed by atoms with van der Waals surface area (Å²) < 4.78 is 0. The van der Waals surface area contributed by atoms with Crippen molar-refractivity contribution in [1.82, 2.24) is 0 Å². The summed E-state index contributed by atoms with van der Waals surface area (Å²) >= 11 is 1.58. The van der Waals surface area contributed by atoms with E-state index >= 15 is 0 Å². The van der Waals surface area contributed by atoms with Crippen LogP contribution < -0.4 is 0 Å². The van der Waals surface area contributed by atoms with Crippen LogP contribution in [0, 0.1) is 5.92 Å². The molecule has 0 saturated heterocycles. The second-order valence-corrected chi connectivity index (χ2v) is 4.14. The molecule has 0 radical (unpaired) electrons. The van der Waals surface area contributed by atoms with Crippen molar-refractivity contribution in [2.24, 2.45) is 5.92 Å². The summed E-state index contributed by atoms with van der Waals surface area (Å²) in [5.74, 6) is 0.547. The maximum Gasteiger partial charge on any atom is 0.0817 e. The van der Waals surface area contributed by atoms with Crippen LogP contribution in [0.15, 0.2) is 27.2 Å². The smallest absolute Gasteiger partial charge is 0.0817 e. The first kappa shape index (κ1) is 9.66. The maximum atomic E-state index is 8.87. The SMILES string of the molecule is CC1=C=C(CO)SC=C1C(C)C. The van der Waals surface area contributed by atoms with Gasteiger partial charge in [0.15, 0.2) is 0 Å². The molecular weight excluding hydrogens is 168 g/mol. The van der Waals surface area contributed by atoms with Crippen LogP contribution >= 0.6 is 11.8 Å². The van der Waals surface area contributed by atoms with Gasteiger partial charge in [-0.25, -0.2) is 0 Å². The van der Waals surface area contributed by atoms with Gasteiger partial charge in [-0.1, -0.05) is 25.6 Å². The molecule has 2 heteroatoms. The Bertz CT molecular complexity index is 268. The molecule has 1 rings (SSSR count). The van der Waals surface area contributed by atoms with Crippen LogP contribution in [0.1, 0.15) is 20.8 Å². The van der Waals surface area contributed by atoms with E-state index in [0.29, 0.717) is 5.92 Å². The van der Waals surface area contributed by atoms with Crippen LogP contribution in [-0.4, -0.2) is 11.7 Å². The minimum absolute atomic E-state index is 0.101. The van der Waals surface area contributed by atoms with E-state index in [1.165, 1.54) is 5.57 Å².